The number of alkyl carbamates (subject to hydrolysis) is 1. The Morgan fingerprint density at radius 2 is 1.80 bits per heavy atom. The first kappa shape index (κ1) is 18.4. The molecule has 0 spiro atoms. The van der Waals surface area contributed by atoms with Crippen molar-refractivity contribution in [1.29, 1.82) is 0 Å². The van der Waals surface area contributed by atoms with Gasteiger partial charge in [0.15, 0.2) is 0 Å². The molecule has 0 aromatic rings. The molecule has 0 radical (unpaired) electrons. The second-order valence-electron chi connectivity index (χ2n) is 5.64. The maximum Gasteiger partial charge on any atom is 0.408 e. The number of methoxy groups -OCH3 is 1. The molecule has 0 aliphatic rings. The standard InChI is InChI=1S/C14H25NO5/c1-13(2,3)20-12(18)15-14(4,11(17)19-5)9-7-6-8-10-16/h6-7,16H,8-10H2,1-5H3,(H,15,18)/b7-6+. The molecule has 2 N–H and O–H groups in total. The van der Waals surface area contributed by atoms with Crippen LogP contribution in [0.3, 0.4) is 0 Å². The Balaban J connectivity index is 4.78. The van der Waals surface area contributed by atoms with Crippen LogP contribution in [-0.2, 0) is 14.3 Å². The number of hydrogen-bond acceptors (Lipinski definition) is 5. The summed E-state index contributed by atoms with van der Waals surface area (Å²) in [4.78, 5) is 23.6. The van der Waals surface area contributed by atoms with Crippen molar-refractivity contribution in [1.82, 2.24) is 5.32 Å². The number of amides is 1. The first-order valence-corrected chi connectivity index (χ1v) is 6.50. The lowest BCUT2D eigenvalue weighted by atomic mass is 9.97. The molecule has 20 heavy (non-hydrogen) atoms. The second-order valence-corrected chi connectivity index (χ2v) is 5.64. The van der Waals surface area contributed by atoms with Gasteiger partial charge in [0.05, 0.1) is 7.11 Å². The van der Waals surface area contributed by atoms with Gasteiger partial charge in [-0.25, -0.2) is 9.59 Å². The highest BCUT2D eigenvalue weighted by Gasteiger charge is 2.36. The fraction of sp³-hybridized carbons (Fsp3) is 0.714. The van der Waals surface area contributed by atoms with E-state index in [1.54, 1.807) is 39.8 Å². The zero-order chi connectivity index (χ0) is 15.8. The van der Waals surface area contributed by atoms with E-state index in [9.17, 15) is 9.59 Å². The van der Waals surface area contributed by atoms with E-state index in [-0.39, 0.29) is 13.0 Å². The molecule has 0 aromatic carbocycles. The zero-order valence-electron chi connectivity index (χ0n) is 12.9. The summed E-state index contributed by atoms with van der Waals surface area (Å²) in [7, 11) is 1.26. The average molecular weight is 287 g/mol. The number of nitrogens with one attached hydrogen (secondary N) is 1. The molecule has 6 heteroatoms. The van der Waals surface area contributed by atoms with Crippen molar-refractivity contribution in [2.75, 3.05) is 13.7 Å². The first-order valence-electron chi connectivity index (χ1n) is 6.50. The second kappa shape index (κ2) is 7.89. The lowest BCUT2D eigenvalue weighted by molar-refractivity contribution is -0.147. The number of rotatable bonds is 6. The van der Waals surface area contributed by atoms with E-state index in [1.807, 2.05) is 0 Å². The van der Waals surface area contributed by atoms with Crippen LogP contribution in [0.25, 0.3) is 0 Å². The lowest BCUT2D eigenvalue weighted by Gasteiger charge is -2.28. The van der Waals surface area contributed by atoms with Crippen LogP contribution in [0.15, 0.2) is 12.2 Å². The number of carbonyl (C=O) groups is 2. The van der Waals surface area contributed by atoms with Crippen molar-refractivity contribution in [2.24, 2.45) is 0 Å². The summed E-state index contributed by atoms with van der Waals surface area (Å²) in [6.07, 6.45) is 3.51. The molecule has 0 saturated heterocycles. The van der Waals surface area contributed by atoms with Crippen molar-refractivity contribution in [2.45, 2.75) is 51.7 Å². The summed E-state index contributed by atoms with van der Waals surface area (Å²) in [6, 6.07) is 0. The minimum Gasteiger partial charge on any atom is -0.467 e. The maximum absolute atomic E-state index is 11.8. The van der Waals surface area contributed by atoms with Gasteiger partial charge in [0, 0.05) is 6.61 Å². The number of esters is 1. The average Bonchev–Trinajstić information content (AvgIpc) is 2.31. The van der Waals surface area contributed by atoms with E-state index in [0.717, 1.165) is 0 Å². The van der Waals surface area contributed by atoms with Crippen LogP contribution in [0, 0.1) is 0 Å². The van der Waals surface area contributed by atoms with Gasteiger partial charge in [-0.15, -0.1) is 0 Å². The summed E-state index contributed by atoms with van der Waals surface area (Å²) < 4.78 is 9.84. The molecular formula is C14H25NO5. The van der Waals surface area contributed by atoms with Gasteiger partial charge in [-0.3, -0.25) is 0 Å². The van der Waals surface area contributed by atoms with Crippen molar-refractivity contribution < 1.29 is 24.2 Å². The third-order valence-electron chi connectivity index (χ3n) is 2.40. The van der Waals surface area contributed by atoms with Gasteiger partial charge in [-0.2, -0.15) is 0 Å². The van der Waals surface area contributed by atoms with Crippen LogP contribution in [0.4, 0.5) is 4.79 Å². The van der Waals surface area contributed by atoms with Gasteiger partial charge in [-0.05, 0) is 40.5 Å². The van der Waals surface area contributed by atoms with E-state index < -0.39 is 23.2 Å². The summed E-state index contributed by atoms with van der Waals surface area (Å²) in [5.41, 5.74) is -1.85. The fourth-order valence-electron chi connectivity index (χ4n) is 1.45. The topological polar surface area (TPSA) is 84.9 Å². The Kier molecular flexibility index (Phi) is 7.28. The van der Waals surface area contributed by atoms with Gasteiger partial charge in [0.1, 0.15) is 11.1 Å². The van der Waals surface area contributed by atoms with Crippen LogP contribution in [0.2, 0.25) is 0 Å². The molecule has 0 fully saturated rings. The summed E-state index contributed by atoms with van der Waals surface area (Å²) in [5, 5.41) is 11.2. The molecule has 6 nitrogen and oxygen atoms in total. The monoisotopic (exact) mass is 287 g/mol. The number of carbonyl (C=O) groups excluding carboxylic acids is 2. The molecular weight excluding hydrogens is 262 g/mol. The number of hydrogen-bond donors (Lipinski definition) is 2. The molecule has 116 valence electrons. The molecule has 0 aromatic heterocycles. The SMILES string of the molecule is COC(=O)C(C)(C/C=C/CCO)NC(=O)OC(C)(C)C. The molecule has 0 rings (SSSR count). The summed E-state index contributed by atoms with van der Waals surface area (Å²) in [5.74, 6) is -0.558. The molecule has 0 aliphatic heterocycles. The van der Waals surface area contributed by atoms with Gasteiger partial charge >= 0.3 is 12.1 Å². The van der Waals surface area contributed by atoms with Crippen LogP contribution in [0.5, 0.6) is 0 Å². The Hall–Kier alpha value is -1.56. The maximum atomic E-state index is 11.8. The molecule has 1 atom stereocenters. The van der Waals surface area contributed by atoms with Gasteiger partial charge in [0.25, 0.3) is 0 Å². The van der Waals surface area contributed by atoms with E-state index in [4.69, 9.17) is 14.6 Å². The largest absolute Gasteiger partial charge is 0.467 e. The highest BCUT2D eigenvalue weighted by Crippen LogP contribution is 2.15. The highest BCUT2D eigenvalue weighted by atomic mass is 16.6. The molecule has 1 amide bonds. The number of aliphatic hydroxyl groups is 1. The van der Waals surface area contributed by atoms with E-state index in [2.05, 4.69) is 5.32 Å². The summed E-state index contributed by atoms with van der Waals surface area (Å²) >= 11 is 0. The molecule has 1 unspecified atom stereocenters. The zero-order valence-corrected chi connectivity index (χ0v) is 12.9. The van der Waals surface area contributed by atoms with Gasteiger partial charge in [-0.1, -0.05) is 12.2 Å². The Labute approximate surface area is 120 Å². The van der Waals surface area contributed by atoms with E-state index in [1.165, 1.54) is 7.11 Å². The van der Waals surface area contributed by atoms with Gasteiger partial charge in [0.2, 0.25) is 0 Å². The fourth-order valence-corrected chi connectivity index (χ4v) is 1.45. The first-order chi connectivity index (χ1) is 9.14. The molecule has 0 heterocycles. The van der Waals surface area contributed by atoms with Crippen molar-refractivity contribution in [3.05, 3.63) is 12.2 Å². The Bertz CT molecular complexity index is 359. The van der Waals surface area contributed by atoms with Crippen LogP contribution in [-0.4, -0.2) is 42.0 Å². The molecule has 0 bridgehead atoms. The normalized spacial score (nSPS) is 14.7. The van der Waals surface area contributed by atoms with Crippen molar-refractivity contribution in [3.8, 4) is 0 Å². The number of ether oxygens (including phenoxy) is 2. The quantitative estimate of drug-likeness (QED) is 0.574. The van der Waals surface area contributed by atoms with Crippen molar-refractivity contribution >= 4 is 12.1 Å². The minimum atomic E-state index is -1.21. The predicted molar refractivity (Wildman–Crippen MR) is 75.3 cm³/mol. The third kappa shape index (κ3) is 7.13. The molecule has 0 aliphatic carbocycles. The Morgan fingerprint density at radius 1 is 1.20 bits per heavy atom. The van der Waals surface area contributed by atoms with E-state index >= 15 is 0 Å². The third-order valence-corrected chi connectivity index (χ3v) is 2.40. The molecule has 0 saturated carbocycles. The minimum absolute atomic E-state index is 0.0327. The summed E-state index contributed by atoms with van der Waals surface area (Å²) in [6.45, 7) is 6.81. The lowest BCUT2D eigenvalue weighted by Crippen LogP contribution is -2.53. The predicted octanol–water partition coefficient (Wildman–Crippen LogP) is 1.77. The van der Waals surface area contributed by atoms with Crippen LogP contribution >= 0.6 is 0 Å². The van der Waals surface area contributed by atoms with Crippen molar-refractivity contribution in [3.63, 3.8) is 0 Å². The highest BCUT2D eigenvalue weighted by molar-refractivity contribution is 5.85. The smallest absolute Gasteiger partial charge is 0.408 e. The van der Waals surface area contributed by atoms with Crippen LogP contribution < -0.4 is 5.32 Å². The van der Waals surface area contributed by atoms with E-state index in [0.29, 0.717) is 6.42 Å². The van der Waals surface area contributed by atoms with Crippen LogP contribution in [0.1, 0.15) is 40.5 Å². The number of aliphatic hydroxyl groups excluding tert-OH is 1. The Morgan fingerprint density at radius 3 is 2.25 bits per heavy atom. The van der Waals surface area contributed by atoms with Gasteiger partial charge < -0.3 is 19.9 Å².